The summed E-state index contributed by atoms with van der Waals surface area (Å²) < 4.78 is 7.65. The summed E-state index contributed by atoms with van der Waals surface area (Å²) in [5.74, 6) is 1.20. The first kappa shape index (κ1) is 17.8. The average molecular weight is 371 g/mol. The Morgan fingerprint density at radius 2 is 2.00 bits per heavy atom. The van der Waals surface area contributed by atoms with Crippen LogP contribution in [0.15, 0.2) is 83.8 Å². The largest absolute Gasteiger partial charge is 0.478 e. The molecule has 3 aromatic rings. The molecule has 2 heterocycles. The highest BCUT2D eigenvalue weighted by molar-refractivity contribution is 5.86. The number of ether oxygens (including phenoxy) is 1. The van der Waals surface area contributed by atoms with Gasteiger partial charge >= 0.3 is 0 Å². The van der Waals surface area contributed by atoms with E-state index >= 15 is 0 Å². The van der Waals surface area contributed by atoms with E-state index in [-0.39, 0.29) is 5.43 Å². The zero-order chi connectivity index (χ0) is 19.3. The molecule has 1 aliphatic carbocycles. The van der Waals surface area contributed by atoms with Crippen LogP contribution in [-0.2, 0) is 0 Å². The van der Waals surface area contributed by atoms with Crippen LogP contribution in [0.3, 0.4) is 0 Å². The topological polar surface area (TPSA) is 56.1 Å². The normalized spacial score (nSPS) is 13.2. The maximum Gasteiger partial charge on any atom is 0.215 e. The number of rotatable bonds is 5. The van der Waals surface area contributed by atoms with E-state index < -0.39 is 0 Å². The van der Waals surface area contributed by atoms with Crippen LogP contribution in [0, 0.1) is 0 Å². The molecule has 0 fully saturated rings. The van der Waals surface area contributed by atoms with Gasteiger partial charge in [-0.1, -0.05) is 42.5 Å². The molecule has 0 aliphatic heterocycles. The van der Waals surface area contributed by atoms with Crippen LogP contribution in [0.4, 0.5) is 11.5 Å². The van der Waals surface area contributed by atoms with Gasteiger partial charge in [0.15, 0.2) is 5.43 Å². The second kappa shape index (κ2) is 7.96. The van der Waals surface area contributed by atoms with Crippen LogP contribution < -0.4 is 15.5 Å². The zero-order valence-corrected chi connectivity index (χ0v) is 15.6. The molecule has 140 valence electrons. The molecule has 1 N–H and O–H groups in total. The van der Waals surface area contributed by atoms with Crippen LogP contribution in [-0.4, -0.2) is 16.2 Å². The van der Waals surface area contributed by atoms with Crippen LogP contribution in [0.5, 0.6) is 5.88 Å². The summed E-state index contributed by atoms with van der Waals surface area (Å²) >= 11 is 0. The molecule has 0 saturated carbocycles. The number of nitrogens with one attached hydrogen (secondary N) is 1. The van der Waals surface area contributed by atoms with Crippen molar-refractivity contribution in [2.24, 2.45) is 0 Å². The van der Waals surface area contributed by atoms with Crippen molar-refractivity contribution in [1.29, 1.82) is 0 Å². The average Bonchev–Trinajstić information content (AvgIpc) is 2.98. The third kappa shape index (κ3) is 3.60. The Morgan fingerprint density at radius 3 is 2.82 bits per heavy atom. The summed E-state index contributed by atoms with van der Waals surface area (Å²) in [7, 11) is 0. The van der Waals surface area contributed by atoms with Gasteiger partial charge in [-0.25, -0.2) is 4.98 Å². The number of anilines is 2. The van der Waals surface area contributed by atoms with Gasteiger partial charge in [0.25, 0.3) is 0 Å². The summed E-state index contributed by atoms with van der Waals surface area (Å²) in [5, 5.41) is 3.94. The van der Waals surface area contributed by atoms with Crippen molar-refractivity contribution >= 4 is 28.1 Å². The highest BCUT2D eigenvalue weighted by Crippen LogP contribution is 2.28. The molecular formula is C23H21N3O2. The van der Waals surface area contributed by atoms with E-state index in [1.165, 1.54) is 0 Å². The lowest BCUT2D eigenvalue weighted by Gasteiger charge is -2.20. The molecule has 1 aromatic carbocycles. The monoisotopic (exact) mass is 371 g/mol. The first-order chi connectivity index (χ1) is 13.8. The third-order valence-corrected chi connectivity index (χ3v) is 4.47. The van der Waals surface area contributed by atoms with E-state index in [9.17, 15) is 4.79 Å². The molecular weight excluding hydrogens is 350 g/mol. The Balaban J connectivity index is 1.97. The molecule has 0 unspecified atom stereocenters. The number of fused-ring (bicyclic) bond motifs is 1. The SMILES string of the molecule is CCOc1cc2c(cn1)c(=O)cc(Nc1ccccc1)n2C1=CC=CC=CC1. The number of para-hydroxylation sites is 1. The van der Waals surface area contributed by atoms with Gasteiger partial charge in [0.2, 0.25) is 5.88 Å². The van der Waals surface area contributed by atoms with Gasteiger partial charge in [0.1, 0.15) is 5.82 Å². The molecule has 4 rings (SSSR count). The fraction of sp³-hybridized carbons (Fsp3) is 0.130. The number of benzene rings is 1. The highest BCUT2D eigenvalue weighted by Gasteiger charge is 2.14. The molecule has 5 heteroatoms. The predicted octanol–water partition coefficient (Wildman–Crippen LogP) is 4.90. The van der Waals surface area contributed by atoms with Gasteiger partial charge in [-0.15, -0.1) is 0 Å². The molecule has 0 atom stereocenters. The fourth-order valence-electron chi connectivity index (χ4n) is 3.23. The third-order valence-electron chi connectivity index (χ3n) is 4.47. The number of pyridine rings is 2. The summed E-state index contributed by atoms with van der Waals surface area (Å²) in [6.07, 6.45) is 12.5. The number of aromatic nitrogens is 2. The van der Waals surface area contributed by atoms with Crippen molar-refractivity contribution in [2.75, 3.05) is 11.9 Å². The van der Waals surface area contributed by atoms with Crippen LogP contribution in [0.2, 0.25) is 0 Å². The second-order valence-corrected chi connectivity index (χ2v) is 6.37. The maximum atomic E-state index is 12.8. The Kier molecular flexibility index (Phi) is 5.06. The minimum atomic E-state index is -0.0828. The standard InChI is InChI=1S/C23H21N3O2/c1-2-28-23-14-20-19(16-24-23)21(27)15-22(25-17-10-6-5-7-11-17)26(20)18-12-8-3-4-9-13-18/h3-12,14-16,25H,2,13H2,1H3. The molecule has 5 nitrogen and oxygen atoms in total. The molecule has 0 amide bonds. The lowest BCUT2D eigenvalue weighted by atomic mass is 10.2. The molecule has 0 radical (unpaired) electrons. The first-order valence-electron chi connectivity index (χ1n) is 9.29. The van der Waals surface area contributed by atoms with Gasteiger partial charge < -0.3 is 10.1 Å². The number of nitrogens with zero attached hydrogens (tertiary/aromatic N) is 2. The maximum absolute atomic E-state index is 12.8. The summed E-state index contributed by atoms with van der Waals surface area (Å²) in [6, 6.07) is 13.3. The van der Waals surface area contributed by atoms with Gasteiger partial charge in [-0.2, -0.15) is 0 Å². The predicted molar refractivity (Wildman–Crippen MR) is 114 cm³/mol. The summed E-state index contributed by atoms with van der Waals surface area (Å²) in [5.41, 5.74) is 2.64. The zero-order valence-electron chi connectivity index (χ0n) is 15.6. The number of hydrogen-bond donors (Lipinski definition) is 1. The Hall–Kier alpha value is -3.60. The van der Waals surface area contributed by atoms with Crippen molar-refractivity contribution in [1.82, 2.24) is 9.55 Å². The molecule has 0 spiro atoms. The van der Waals surface area contributed by atoms with E-state index in [0.717, 1.165) is 23.3 Å². The van der Waals surface area contributed by atoms with Crippen LogP contribution >= 0.6 is 0 Å². The van der Waals surface area contributed by atoms with Gasteiger partial charge in [-0.05, 0) is 25.1 Å². The van der Waals surface area contributed by atoms with Crippen LogP contribution in [0.25, 0.3) is 16.6 Å². The smallest absolute Gasteiger partial charge is 0.215 e. The minimum absolute atomic E-state index is 0.0828. The quantitative estimate of drug-likeness (QED) is 0.693. The lowest BCUT2D eigenvalue weighted by molar-refractivity contribution is 0.327. The fourth-order valence-corrected chi connectivity index (χ4v) is 3.23. The van der Waals surface area contributed by atoms with E-state index in [4.69, 9.17) is 4.74 Å². The van der Waals surface area contributed by atoms with Crippen molar-refractivity contribution in [3.63, 3.8) is 0 Å². The molecule has 0 bridgehead atoms. The van der Waals surface area contributed by atoms with E-state index in [1.807, 2.05) is 61.5 Å². The first-order valence-corrected chi connectivity index (χ1v) is 9.29. The highest BCUT2D eigenvalue weighted by atomic mass is 16.5. The second-order valence-electron chi connectivity index (χ2n) is 6.37. The van der Waals surface area contributed by atoms with Gasteiger partial charge in [-0.3, -0.25) is 9.36 Å². The molecule has 28 heavy (non-hydrogen) atoms. The summed E-state index contributed by atoms with van der Waals surface area (Å²) in [4.78, 5) is 17.1. The van der Waals surface area contributed by atoms with E-state index in [2.05, 4.69) is 27.0 Å². The number of allylic oxidation sites excluding steroid dienone is 6. The number of hydrogen-bond acceptors (Lipinski definition) is 4. The molecule has 0 saturated heterocycles. The Morgan fingerprint density at radius 1 is 1.14 bits per heavy atom. The minimum Gasteiger partial charge on any atom is -0.478 e. The van der Waals surface area contributed by atoms with Crippen LogP contribution in [0.1, 0.15) is 13.3 Å². The van der Waals surface area contributed by atoms with Gasteiger partial charge in [0, 0.05) is 36.1 Å². The van der Waals surface area contributed by atoms with E-state index in [1.54, 1.807) is 12.3 Å². The van der Waals surface area contributed by atoms with Crippen molar-refractivity contribution in [2.45, 2.75) is 13.3 Å². The van der Waals surface area contributed by atoms with Crippen molar-refractivity contribution < 1.29 is 4.74 Å². The molecule has 1 aliphatic rings. The van der Waals surface area contributed by atoms with Crippen molar-refractivity contribution in [3.05, 3.63) is 89.3 Å². The van der Waals surface area contributed by atoms with Gasteiger partial charge in [0.05, 0.1) is 17.5 Å². The van der Waals surface area contributed by atoms with E-state index in [0.29, 0.717) is 23.7 Å². The summed E-state index contributed by atoms with van der Waals surface area (Å²) in [6.45, 7) is 2.43. The Labute approximate surface area is 163 Å². The Bertz CT molecular complexity index is 1140. The lowest BCUT2D eigenvalue weighted by Crippen LogP contribution is -2.14. The molecule has 2 aromatic heterocycles. The van der Waals surface area contributed by atoms with Crippen molar-refractivity contribution in [3.8, 4) is 5.88 Å².